The van der Waals surface area contributed by atoms with E-state index in [1.165, 1.54) is 35.8 Å². The predicted octanol–water partition coefficient (Wildman–Crippen LogP) is 1.99. The van der Waals surface area contributed by atoms with Gasteiger partial charge < -0.3 is 10.1 Å². The number of methoxy groups -OCH3 is 1. The zero-order valence-electron chi connectivity index (χ0n) is 11.4. The third-order valence-electron chi connectivity index (χ3n) is 3.20. The minimum atomic E-state index is 0.622. The van der Waals surface area contributed by atoms with Crippen LogP contribution in [-0.4, -0.2) is 36.6 Å². The lowest BCUT2D eigenvalue weighted by Crippen LogP contribution is -2.18. The van der Waals surface area contributed by atoms with Gasteiger partial charge >= 0.3 is 0 Å². The summed E-state index contributed by atoms with van der Waals surface area (Å²) in [7, 11) is 1.73. The van der Waals surface area contributed by atoms with Gasteiger partial charge in [0.05, 0.1) is 18.8 Å². The zero-order valence-corrected chi connectivity index (χ0v) is 12.2. The van der Waals surface area contributed by atoms with E-state index in [0.29, 0.717) is 6.61 Å². The summed E-state index contributed by atoms with van der Waals surface area (Å²) in [5.41, 5.74) is 1.11. The lowest BCUT2D eigenvalue weighted by Gasteiger charge is -2.11. The van der Waals surface area contributed by atoms with Crippen molar-refractivity contribution in [2.45, 2.75) is 39.5 Å². The van der Waals surface area contributed by atoms with Crippen LogP contribution in [0.1, 0.15) is 35.3 Å². The molecule has 2 rings (SSSR count). The Balaban J connectivity index is 2.00. The largest absolute Gasteiger partial charge is 0.378 e. The molecule has 5 heteroatoms. The maximum absolute atomic E-state index is 5.23. The third-order valence-corrected chi connectivity index (χ3v) is 4.28. The van der Waals surface area contributed by atoms with Crippen molar-refractivity contribution in [3.05, 3.63) is 15.6 Å². The van der Waals surface area contributed by atoms with Crippen LogP contribution in [0, 0.1) is 0 Å². The van der Waals surface area contributed by atoms with E-state index in [1.807, 2.05) is 11.3 Å². The topological polar surface area (TPSA) is 37.4 Å². The van der Waals surface area contributed by atoms with Crippen LogP contribution in [-0.2, 0) is 24.4 Å². The van der Waals surface area contributed by atoms with Crippen molar-refractivity contribution >= 4 is 11.3 Å². The molecule has 1 fully saturated rings. The summed E-state index contributed by atoms with van der Waals surface area (Å²) >= 11 is 1.83. The zero-order chi connectivity index (χ0) is 12.8. The Bertz CT molecular complexity index is 361. The first kappa shape index (κ1) is 13.9. The van der Waals surface area contributed by atoms with Crippen LogP contribution >= 0.6 is 11.3 Å². The molecule has 1 aromatic heterocycles. The van der Waals surface area contributed by atoms with Crippen molar-refractivity contribution < 1.29 is 4.74 Å². The molecule has 18 heavy (non-hydrogen) atoms. The predicted molar refractivity (Wildman–Crippen MR) is 74.7 cm³/mol. The van der Waals surface area contributed by atoms with E-state index < -0.39 is 0 Å². The minimum absolute atomic E-state index is 0.622. The number of aromatic nitrogens is 1. The molecule has 1 aliphatic heterocycles. The molecule has 0 aromatic carbocycles. The molecule has 4 nitrogen and oxygen atoms in total. The van der Waals surface area contributed by atoms with Gasteiger partial charge in [0.25, 0.3) is 0 Å². The minimum Gasteiger partial charge on any atom is -0.378 e. The van der Waals surface area contributed by atoms with E-state index in [0.717, 1.165) is 25.3 Å². The van der Waals surface area contributed by atoms with Crippen LogP contribution in [0.3, 0.4) is 0 Å². The average Bonchev–Trinajstić information content (AvgIpc) is 2.98. The van der Waals surface area contributed by atoms with Gasteiger partial charge in [-0.1, -0.05) is 6.92 Å². The standard InChI is InChI=1S/C13H23N3OS/c1-3-14-8-12-11(10-17-2)15-13(18-12)9-16-6-4-5-7-16/h14H,3-10H2,1-2H3. The van der Waals surface area contributed by atoms with Crippen LogP contribution in [0.4, 0.5) is 0 Å². The Morgan fingerprint density at radius 3 is 2.83 bits per heavy atom. The van der Waals surface area contributed by atoms with E-state index in [1.54, 1.807) is 7.11 Å². The molecular weight excluding hydrogens is 246 g/mol. The third kappa shape index (κ3) is 3.75. The van der Waals surface area contributed by atoms with Gasteiger partial charge in [0.1, 0.15) is 5.01 Å². The number of thiazole rings is 1. The average molecular weight is 269 g/mol. The van der Waals surface area contributed by atoms with Gasteiger partial charge in [0, 0.05) is 18.5 Å². The van der Waals surface area contributed by atoms with E-state index in [2.05, 4.69) is 17.1 Å². The van der Waals surface area contributed by atoms with Crippen molar-refractivity contribution in [1.29, 1.82) is 0 Å². The Morgan fingerprint density at radius 1 is 1.39 bits per heavy atom. The summed E-state index contributed by atoms with van der Waals surface area (Å²) < 4.78 is 5.23. The SMILES string of the molecule is CCNCc1sc(CN2CCCC2)nc1COC. The number of nitrogens with one attached hydrogen (secondary N) is 1. The molecule has 1 saturated heterocycles. The van der Waals surface area contributed by atoms with Crippen LogP contribution in [0.15, 0.2) is 0 Å². The fraction of sp³-hybridized carbons (Fsp3) is 0.769. The molecule has 0 aliphatic carbocycles. The Kier molecular flexibility index (Phi) is 5.56. The molecule has 0 bridgehead atoms. The van der Waals surface area contributed by atoms with E-state index >= 15 is 0 Å². The van der Waals surface area contributed by atoms with E-state index in [-0.39, 0.29) is 0 Å². The number of likely N-dealkylation sites (tertiary alicyclic amines) is 1. The first-order valence-electron chi connectivity index (χ1n) is 6.73. The lowest BCUT2D eigenvalue weighted by atomic mass is 10.3. The molecule has 1 N–H and O–H groups in total. The van der Waals surface area contributed by atoms with Crippen molar-refractivity contribution in [1.82, 2.24) is 15.2 Å². The second kappa shape index (κ2) is 7.19. The number of rotatable bonds is 7. The molecule has 102 valence electrons. The van der Waals surface area contributed by atoms with Crippen LogP contribution in [0.2, 0.25) is 0 Å². The Morgan fingerprint density at radius 2 is 2.17 bits per heavy atom. The van der Waals surface area contributed by atoms with Gasteiger partial charge in [-0.05, 0) is 32.5 Å². The van der Waals surface area contributed by atoms with Crippen molar-refractivity contribution in [3.63, 3.8) is 0 Å². The Labute approximate surface area is 113 Å². The normalized spacial score (nSPS) is 16.6. The van der Waals surface area contributed by atoms with Crippen LogP contribution in [0.25, 0.3) is 0 Å². The van der Waals surface area contributed by atoms with Gasteiger partial charge in [0.15, 0.2) is 0 Å². The molecule has 0 unspecified atom stereocenters. The molecule has 0 amide bonds. The van der Waals surface area contributed by atoms with Crippen LogP contribution in [0.5, 0.6) is 0 Å². The summed E-state index contributed by atoms with van der Waals surface area (Å²) in [4.78, 5) is 8.55. The number of hydrogen-bond acceptors (Lipinski definition) is 5. The van der Waals surface area contributed by atoms with Gasteiger partial charge in [-0.25, -0.2) is 4.98 Å². The fourth-order valence-corrected chi connectivity index (χ4v) is 3.35. The van der Waals surface area contributed by atoms with Gasteiger partial charge in [-0.3, -0.25) is 4.90 Å². The fourth-order valence-electron chi connectivity index (χ4n) is 2.26. The van der Waals surface area contributed by atoms with E-state index in [4.69, 9.17) is 9.72 Å². The summed E-state index contributed by atoms with van der Waals surface area (Å²) in [5, 5.41) is 4.60. The first-order valence-corrected chi connectivity index (χ1v) is 7.54. The highest BCUT2D eigenvalue weighted by atomic mass is 32.1. The van der Waals surface area contributed by atoms with E-state index in [9.17, 15) is 0 Å². The van der Waals surface area contributed by atoms with Gasteiger partial charge in [-0.15, -0.1) is 11.3 Å². The first-order chi connectivity index (χ1) is 8.83. The highest BCUT2D eigenvalue weighted by Gasteiger charge is 2.16. The molecule has 0 saturated carbocycles. The molecule has 1 aromatic rings. The summed E-state index contributed by atoms with van der Waals surface area (Å²) in [6.07, 6.45) is 2.67. The number of hydrogen-bond donors (Lipinski definition) is 1. The second-order valence-electron chi connectivity index (χ2n) is 4.67. The lowest BCUT2D eigenvalue weighted by molar-refractivity contribution is 0.181. The summed E-state index contributed by atoms with van der Waals surface area (Å²) in [6.45, 7) is 8.11. The molecule has 2 heterocycles. The van der Waals surface area contributed by atoms with Gasteiger partial charge in [-0.2, -0.15) is 0 Å². The maximum atomic E-state index is 5.23. The molecule has 1 aliphatic rings. The summed E-state index contributed by atoms with van der Waals surface area (Å²) in [5.74, 6) is 0. The smallest absolute Gasteiger partial charge is 0.107 e. The Hall–Kier alpha value is -0.490. The van der Waals surface area contributed by atoms with Crippen molar-refractivity contribution in [3.8, 4) is 0 Å². The van der Waals surface area contributed by atoms with Crippen molar-refractivity contribution in [2.24, 2.45) is 0 Å². The highest BCUT2D eigenvalue weighted by molar-refractivity contribution is 7.11. The molecule has 0 atom stereocenters. The van der Waals surface area contributed by atoms with Gasteiger partial charge in [0.2, 0.25) is 0 Å². The highest BCUT2D eigenvalue weighted by Crippen LogP contribution is 2.22. The number of ether oxygens (including phenoxy) is 1. The van der Waals surface area contributed by atoms with Crippen molar-refractivity contribution in [2.75, 3.05) is 26.7 Å². The summed E-state index contributed by atoms with van der Waals surface area (Å²) in [6, 6.07) is 0. The second-order valence-corrected chi connectivity index (χ2v) is 5.84. The molecule has 0 spiro atoms. The molecule has 0 radical (unpaired) electrons. The quantitative estimate of drug-likeness (QED) is 0.821. The molecular formula is C13H23N3OS. The van der Waals surface area contributed by atoms with Crippen LogP contribution < -0.4 is 5.32 Å². The maximum Gasteiger partial charge on any atom is 0.107 e. The number of nitrogens with zero attached hydrogens (tertiary/aromatic N) is 2. The monoisotopic (exact) mass is 269 g/mol.